The van der Waals surface area contributed by atoms with Gasteiger partial charge in [-0.3, -0.25) is 4.68 Å². The Morgan fingerprint density at radius 1 is 1.35 bits per heavy atom. The maximum absolute atomic E-state index is 9.05. The zero-order chi connectivity index (χ0) is 12.3. The predicted octanol–water partition coefficient (Wildman–Crippen LogP) is 2.62. The molecule has 3 nitrogen and oxygen atoms in total. The molecule has 0 spiro atoms. The number of fused-ring (bicyclic) bond motifs is 1. The number of nitrogens with zero attached hydrogens (tertiary/aromatic N) is 2. The van der Waals surface area contributed by atoms with E-state index in [0.29, 0.717) is 5.92 Å². The summed E-state index contributed by atoms with van der Waals surface area (Å²) in [4.78, 5) is 0. The molecule has 0 aliphatic rings. The predicted molar refractivity (Wildman–Crippen MR) is 70.0 cm³/mol. The van der Waals surface area contributed by atoms with Crippen LogP contribution in [-0.2, 0) is 13.0 Å². The third-order valence-corrected chi connectivity index (χ3v) is 3.22. The van der Waals surface area contributed by atoms with Crippen LogP contribution in [0, 0.1) is 5.92 Å². The summed E-state index contributed by atoms with van der Waals surface area (Å²) in [6.45, 7) is 5.33. The van der Waals surface area contributed by atoms with Gasteiger partial charge >= 0.3 is 0 Å². The van der Waals surface area contributed by atoms with E-state index < -0.39 is 0 Å². The average Bonchev–Trinajstić information content (AvgIpc) is 2.74. The van der Waals surface area contributed by atoms with Crippen molar-refractivity contribution in [3.8, 4) is 0 Å². The maximum atomic E-state index is 9.05. The van der Waals surface area contributed by atoms with Gasteiger partial charge in [0.25, 0.3) is 0 Å². The molecule has 17 heavy (non-hydrogen) atoms. The number of benzene rings is 1. The van der Waals surface area contributed by atoms with Crippen LogP contribution in [0.5, 0.6) is 0 Å². The van der Waals surface area contributed by atoms with Crippen molar-refractivity contribution in [2.75, 3.05) is 6.61 Å². The molecule has 1 aromatic carbocycles. The first-order valence-electron chi connectivity index (χ1n) is 6.31. The van der Waals surface area contributed by atoms with Crippen molar-refractivity contribution in [3.63, 3.8) is 0 Å². The fourth-order valence-corrected chi connectivity index (χ4v) is 2.10. The minimum atomic E-state index is 0.256. The van der Waals surface area contributed by atoms with Crippen molar-refractivity contribution in [1.29, 1.82) is 0 Å². The molecular formula is C14H20N2O. The van der Waals surface area contributed by atoms with Crippen LogP contribution in [-0.4, -0.2) is 21.5 Å². The average molecular weight is 232 g/mol. The Morgan fingerprint density at radius 3 is 2.82 bits per heavy atom. The summed E-state index contributed by atoms with van der Waals surface area (Å²) in [7, 11) is 0. The number of hydrogen-bond acceptors (Lipinski definition) is 2. The summed E-state index contributed by atoms with van der Waals surface area (Å²) in [5.74, 6) is 0.348. The number of para-hydroxylation sites is 1. The fraction of sp³-hybridized carbons (Fsp3) is 0.500. The summed E-state index contributed by atoms with van der Waals surface area (Å²) in [6.07, 6.45) is 1.93. The number of aryl methyl sites for hydroxylation is 2. The van der Waals surface area contributed by atoms with Crippen molar-refractivity contribution in [2.45, 2.75) is 33.2 Å². The normalized spacial score (nSPS) is 13.1. The van der Waals surface area contributed by atoms with Gasteiger partial charge in [-0.05, 0) is 31.7 Å². The van der Waals surface area contributed by atoms with Gasteiger partial charge in [-0.2, -0.15) is 5.10 Å². The van der Waals surface area contributed by atoms with E-state index in [-0.39, 0.29) is 6.61 Å². The van der Waals surface area contributed by atoms with E-state index in [1.54, 1.807) is 0 Å². The second-order valence-corrected chi connectivity index (χ2v) is 4.61. The van der Waals surface area contributed by atoms with E-state index in [0.717, 1.165) is 25.1 Å². The van der Waals surface area contributed by atoms with Gasteiger partial charge in [0, 0.05) is 18.5 Å². The number of rotatable bonds is 5. The van der Waals surface area contributed by atoms with E-state index in [9.17, 15) is 0 Å². The number of hydrogen-bond donors (Lipinski definition) is 1. The molecule has 2 rings (SSSR count). The lowest BCUT2D eigenvalue weighted by molar-refractivity contribution is 0.230. The molecule has 2 aromatic rings. The summed E-state index contributed by atoms with van der Waals surface area (Å²) >= 11 is 0. The molecular weight excluding hydrogens is 212 g/mol. The van der Waals surface area contributed by atoms with Gasteiger partial charge < -0.3 is 5.11 Å². The standard InChI is InChI=1S/C14H20N2O/c1-3-16-14-7-5-4-6-12(14)13(15-16)9-8-11(2)10-17/h4-7,11,17H,3,8-10H2,1-2H3. The van der Waals surface area contributed by atoms with Gasteiger partial charge in [0.1, 0.15) is 0 Å². The first kappa shape index (κ1) is 12.1. The lowest BCUT2D eigenvalue weighted by Gasteiger charge is -2.05. The minimum Gasteiger partial charge on any atom is -0.396 e. The molecule has 1 unspecified atom stereocenters. The first-order chi connectivity index (χ1) is 8.26. The molecule has 3 heteroatoms. The van der Waals surface area contributed by atoms with E-state index >= 15 is 0 Å². The van der Waals surface area contributed by atoms with Gasteiger partial charge in [-0.1, -0.05) is 25.1 Å². The SMILES string of the molecule is CCn1nc(CCC(C)CO)c2ccccc21. The molecule has 0 saturated heterocycles. The van der Waals surface area contributed by atoms with Crippen LogP contribution in [0.2, 0.25) is 0 Å². The minimum absolute atomic E-state index is 0.256. The molecule has 92 valence electrons. The Bertz CT molecular complexity index is 490. The van der Waals surface area contributed by atoms with Crippen LogP contribution < -0.4 is 0 Å². The maximum Gasteiger partial charge on any atom is 0.0703 e. The quantitative estimate of drug-likeness (QED) is 0.860. The molecule has 1 N–H and O–H groups in total. The second-order valence-electron chi connectivity index (χ2n) is 4.61. The molecule has 1 aromatic heterocycles. The van der Waals surface area contributed by atoms with E-state index in [2.05, 4.69) is 43.2 Å². The smallest absolute Gasteiger partial charge is 0.0703 e. The third kappa shape index (κ3) is 2.50. The largest absolute Gasteiger partial charge is 0.396 e. The molecule has 0 bridgehead atoms. The molecule has 0 aliphatic carbocycles. The number of aromatic nitrogens is 2. The van der Waals surface area contributed by atoms with Crippen LogP contribution >= 0.6 is 0 Å². The van der Waals surface area contributed by atoms with Crippen molar-refractivity contribution < 1.29 is 5.11 Å². The highest BCUT2D eigenvalue weighted by molar-refractivity contribution is 5.81. The zero-order valence-electron chi connectivity index (χ0n) is 10.6. The van der Waals surface area contributed by atoms with Crippen LogP contribution in [0.25, 0.3) is 10.9 Å². The molecule has 0 radical (unpaired) electrons. The number of aliphatic hydroxyl groups is 1. The van der Waals surface area contributed by atoms with Gasteiger partial charge in [0.05, 0.1) is 11.2 Å². The van der Waals surface area contributed by atoms with Crippen LogP contribution in [0.4, 0.5) is 0 Å². The van der Waals surface area contributed by atoms with Gasteiger partial charge in [0.15, 0.2) is 0 Å². The lowest BCUT2D eigenvalue weighted by Crippen LogP contribution is -2.03. The molecule has 1 heterocycles. The Balaban J connectivity index is 2.28. The zero-order valence-corrected chi connectivity index (χ0v) is 10.6. The summed E-state index contributed by atoms with van der Waals surface area (Å²) < 4.78 is 2.05. The molecule has 0 aliphatic heterocycles. The topological polar surface area (TPSA) is 38.0 Å². The summed E-state index contributed by atoms with van der Waals surface area (Å²) in [5.41, 5.74) is 2.37. The van der Waals surface area contributed by atoms with Crippen molar-refractivity contribution in [3.05, 3.63) is 30.0 Å². The first-order valence-corrected chi connectivity index (χ1v) is 6.31. The fourth-order valence-electron chi connectivity index (χ4n) is 2.10. The number of aliphatic hydroxyl groups excluding tert-OH is 1. The second kappa shape index (κ2) is 5.32. The Labute approximate surface area is 102 Å². The van der Waals surface area contributed by atoms with Crippen LogP contribution in [0.15, 0.2) is 24.3 Å². The Kier molecular flexibility index (Phi) is 3.79. The Hall–Kier alpha value is -1.35. The molecule has 0 amide bonds. The molecule has 1 atom stereocenters. The van der Waals surface area contributed by atoms with Gasteiger partial charge in [-0.25, -0.2) is 0 Å². The molecule has 0 fully saturated rings. The van der Waals surface area contributed by atoms with Crippen LogP contribution in [0.3, 0.4) is 0 Å². The summed E-state index contributed by atoms with van der Waals surface area (Å²) in [6, 6.07) is 8.36. The monoisotopic (exact) mass is 232 g/mol. The third-order valence-electron chi connectivity index (χ3n) is 3.22. The summed E-state index contributed by atoms with van der Waals surface area (Å²) in [5, 5.41) is 15.0. The van der Waals surface area contributed by atoms with Crippen LogP contribution in [0.1, 0.15) is 26.0 Å². The van der Waals surface area contributed by atoms with Crippen molar-refractivity contribution in [2.24, 2.45) is 5.92 Å². The molecule has 0 saturated carbocycles. The lowest BCUT2D eigenvalue weighted by atomic mass is 10.0. The van der Waals surface area contributed by atoms with E-state index in [1.165, 1.54) is 10.9 Å². The highest BCUT2D eigenvalue weighted by Crippen LogP contribution is 2.20. The highest BCUT2D eigenvalue weighted by atomic mass is 16.3. The Morgan fingerprint density at radius 2 is 2.12 bits per heavy atom. The van der Waals surface area contributed by atoms with Gasteiger partial charge in [0.2, 0.25) is 0 Å². The highest BCUT2D eigenvalue weighted by Gasteiger charge is 2.10. The van der Waals surface area contributed by atoms with E-state index in [4.69, 9.17) is 5.11 Å². The van der Waals surface area contributed by atoms with E-state index in [1.807, 2.05) is 4.68 Å². The van der Waals surface area contributed by atoms with Crippen molar-refractivity contribution in [1.82, 2.24) is 9.78 Å². The van der Waals surface area contributed by atoms with Crippen molar-refractivity contribution >= 4 is 10.9 Å². The van der Waals surface area contributed by atoms with Gasteiger partial charge in [-0.15, -0.1) is 0 Å².